The third-order valence-electron chi connectivity index (χ3n) is 5.35. The molecule has 1 aliphatic heterocycles. The quantitative estimate of drug-likeness (QED) is 0.665. The zero-order valence-corrected chi connectivity index (χ0v) is 16.9. The Kier molecular flexibility index (Phi) is 6.17. The maximum Gasteiger partial charge on any atom is 0.253 e. The number of aromatic amines is 1. The second-order valence-electron chi connectivity index (χ2n) is 8.05. The van der Waals surface area contributed by atoms with Crippen molar-refractivity contribution >= 4 is 17.6 Å². The van der Waals surface area contributed by atoms with Crippen molar-refractivity contribution < 1.29 is 19.1 Å². The number of carbonyl (C=O) groups excluding carboxylic acids is 3. The molecule has 1 fully saturated rings. The number of carbonyl (C=O) groups is 3. The summed E-state index contributed by atoms with van der Waals surface area (Å²) in [6, 6.07) is 9.95. The van der Waals surface area contributed by atoms with Gasteiger partial charge in [-0.05, 0) is 30.4 Å². The first-order chi connectivity index (χ1) is 13.8. The Balaban J connectivity index is 1.79. The maximum absolute atomic E-state index is 13.1. The minimum absolute atomic E-state index is 0.0119. The van der Waals surface area contributed by atoms with Gasteiger partial charge in [-0.3, -0.25) is 14.4 Å². The van der Waals surface area contributed by atoms with Crippen LogP contribution in [0.4, 0.5) is 0 Å². The van der Waals surface area contributed by atoms with Gasteiger partial charge >= 0.3 is 0 Å². The second-order valence-corrected chi connectivity index (χ2v) is 8.05. The molecule has 2 heterocycles. The number of hydrogen-bond acceptors (Lipinski definition) is 4. The van der Waals surface area contributed by atoms with Crippen LogP contribution in [0.5, 0.6) is 0 Å². The number of H-pyrrole nitrogens is 1. The molecule has 154 valence electrons. The number of amides is 2. The van der Waals surface area contributed by atoms with Gasteiger partial charge < -0.3 is 20.4 Å². The van der Waals surface area contributed by atoms with E-state index in [1.807, 2.05) is 44.2 Å². The molecule has 7 nitrogen and oxygen atoms in total. The van der Waals surface area contributed by atoms with E-state index in [1.54, 1.807) is 25.4 Å². The largest absolute Gasteiger partial charge is 0.368 e. The van der Waals surface area contributed by atoms with Crippen molar-refractivity contribution in [2.75, 3.05) is 6.61 Å². The van der Waals surface area contributed by atoms with Crippen LogP contribution in [0, 0.1) is 0 Å². The lowest BCUT2D eigenvalue weighted by Crippen LogP contribution is -2.54. The van der Waals surface area contributed by atoms with Crippen LogP contribution in [0.3, 0.4) is 0 Å². The van der Waals surface area contributed by atoms with Crippen molar-refractivity contribution in [1.82, 2.24) is 15.6 Å². The van der Waals surface area contributed by atoms with E-state index in [1.165, 1.54) is 0 Å². The van der Waals surface area contributed by atoms with Crippen molar-refractivity contribution in [1.29, 1.82) is 0 Å². The Labute approximate surface area is 170 Å². The molecule has 1 aromatic heterocycles. The highest BCUT2D eigenvalue weighted by Crippen LogP contribution is 2.28. The zero-order valence-electron chi connectivity index (χ0n) is 16.9. The fourth-order valence-corrected chi connectivity index (χ4v) is 3.55. The molecule has 0 aliphatic carbocycles. The predicted molar refractivity (Wildman–Crippen MR) is 108 cm³/mol. The molecule has 0 unspecified atom stereocenters. The summed E-state index contributed by atoms with van der Waals surface area (Å²) in [7, 11) is 0. The molecule has 2 aromatic rings. The van der Waals surface area contributed by atoms with Crippen molar-refractivity contribution in [3.8, 4) is 0 Å². The van der Waals surface area contributed by atoms with Crippen LogP contribution < -0.4 is 10.6 Å². The molecule has 1 saturated heterocycles. The first-order valence-corrected chi connectivity index (χ1v) is 9.72. The lowest BCUT2D eigenvalue weighted by molar-refractivity contribution is -0.127. The molecule has 0 radical (unpaired) electrons. The number of benzene rings is 1. The average molecular weight is 397 g/mol. The van der Waals surface area contributed by atoms with E-state index in [9.17, 15) is 14.4 Å². The molecule has 29 heavy (non-hydrogen) atoms. The van der Waals surface area contributed by atoms with Gasteiger partial charge in [-0.1, -0.05) is 44.2 Å². The SMILES string of the molecule is C[C@@H]1OCC(=O)[C@H]1NC(=O)[C@H](CC(C)(C)c1ccccc1)NC(=O)c1cc[nH]c1. The van der Waals surface area contributed by atoms with E-state index in [4.69, 9.17) is 4.74 Å². The van der Waals surface area contributed by atoms with Crippen LogP contribution in [0.2, 0.25) is 0 Å². The topological polar surface area (TPSA) is 100 Å². The zero-order chi connectivity index (χ0) is 21.0. The number of Topliss-reactive ketones (excluding diaryl/α,β-unsaturated/α-hetero) is 1. The molecule has 7 heteroatoms. The van der Waals surface area contributed by atoms with Gasteiger partial charge in [-0.25, -0.2) is 0 Å². The number of aromatic nitrogens is 1. The van der Waals surface area contributed by atoms with Crippen LogP contribution in [0.25, 0.3) is 0 Å². The smallest absolute Gasteiger partial charge is 0.253 e. The number of ketones is 1. The first-order valence-electron chi connectivity index (χ1n) is 9.72. The fourth-order valence-electron chi connectivity index (χ4n) is 3.55. The van der Waals surface area contributed by atoms with Crippen LogP contribution in [0.15, 0.2) is 48.8 Å². The summed E-state index contributed by atoms with van der Waals surface area (Å²) in [6.45, 7) is 5.79. The monoisotopic (exact) mass is 397 g/mol. The molecule has 0 spiro atoms. The lowest BCUT2D eigenvalue weighted by atomic mass is 9.79. The van der Waals surface area contributed by atoms with E-state index >= 15 is 0 Å². The van der Waals surface area contributed by atoms with E-state index in [-0.39, 0.29) is 23.7 Å². The van der Waals surface area contributed by atoms with Gasteiger partial charge in [-0.15, -0.1) is 0 Å². The summed E-state index contributed by atoms with van der Waals surface area (Å²) < 4.78 is 5.31. The highest BCUT2D eigenvalue weighted by atomic mass is 16.5. The first kappa shape index (κ1) is 20.8. The molecule has 0 bridgehead atoms. The Hall–Kier alpha value is -2.93. The lowest BCUT2D eigenvalue weighted by Gasteiger charge is -2.31. The molecule has 3 rings (SSSR count). The van der Waals surface area contributed by atoms with Crippen LogP contribution in [-0.4, -0.2) is 47.4 Å². The van der Waals surface area contributed by atoms with E-state index in [2.05, 4.69) is 15.6 Å². The molecule has 1 aliphatic rings. The molecule has 3 atom stereocenters. The van der Waals surface area contributed by atoms with E-state index < -0.39 is 24.1 Å². The third kappa shape index (κ3) is 4.92. The van der Waals surface area contributed by atoms with Crippen LogP contribution in [0.1, 0.15) is 43.1 Å². The summed E-state index contributed by atoms with van der Waals surface area (Å²) >= 11 is 0. The Morgan fingerprint density at radius 1 is 1.24 bits per heavy atom. The number of ether oxygens (including phenoxy) is 1. The van der Waals surface area contributed by atoms with Crippen molar-refractivity contribution in [2.45, 2.75) is 50.8 Å². The predicted octanol–water partition coefficient (Wildman–Crippen LogP) is 1.95. The summed E-state index contributed by atoms with van der Waals surface area (Å²) in [4.78, 5) is 40.5. The molecule has 1 aromatic carbocycles. The minimum atomic E-state index is -0.812. The van der Waals surface area contributed by atoms with Gasteiger partial charge in [0, 0.05) is 12.4 Å². The molecule has 2 amide bonds. The molecular weight excluding hydrogens is 370 g/mol. The van der Waals surface area contributed by atoms with Gasteiger partial charge in [-0.2, -0.15) is 0 Å². The molecule has 3 N–H and O–H groups in total. The summed E-state index contributed by atoms with van der Waals surface area (Å²) in [6.07, 6.45) is 3.20. The van der Waals surface area contributed by atoms with Gasteiger partial charge in [0.1, 0.15) is 18.7 Å². The molecular formula is C22H27N3O4. The highest BCUT2D eigenvalue weighted by Gasteiger charge is 2.37. The van der Waals surface area contributed by atoms with Gasteiger partial charge in [0.25, 0.3) is 5.91 Å². The van der Waals surface area contributed by atoms with Crippen LogP contribution >= 0.6 is 0 Å². The third-order valence-corrected chi connectivity index (χ3v) is 5.35. The number of hydrogen-bond donors (Lipinski definition) is 3. The van der Waals surface area contributed by atoms with E-state index in [0.29, 0.717) is 12.0 Å². The normalized spacial score (nSPS) is 20.3. The highest BCUT2D eigenvalue weighted by molar-refractivity contribution is 5.98. The summed E-state index contributed by atoms with van der Waals surface area (Å²) in [5.41, 5.74) is 1.12. The van der Waals surface area contributed by atoms with Gasteiger partial charge in [0.05, 0.1) is 11.7 Å². The Morgan fingerprint density at radius 3 is 2.55 bits per heavy atom. The van der Waals surface area contributed by atoms with Crippen molar-refractivity contribution in [3.05, 3.63) is 59.9 Å². The average Bonchev–Trinajstić information content (AvgIpc) is 3.34. The second kappa shape index (κ2) is 8.61. The number of rotatable bonds is 7. The Bertz CT molecular complexity index is 861. The van der Waals surface area contributed by atoms with Gasteiger partial charge in [0.15, 0.2) is 5.78 Å². The van der Waals surface area contributed by atoms with Crippen molar-refractivity contribution in [2.24, 2.45) is 0 Å². The standard InChI is InChI=1S/C22H27N3O4/c1-14-19(18(26)13-29-14)25-21(28)17(24-20(27)15-9-10-23-12-15)11-22(2,3)16-7-5-4-6-8-16/h4-10,12,14,17,19,23H,11,13H2,1-3H3,(H,24,27)(H,25,28)/t14-,17-,19-/m0/s1. The molecule has 0 saturated carbocycles. The minimum Gasteiger partial charge on any atom is -0.368 e. The van der Waals surface area contributed by atoms with Gasteiger partial charge in [0.2, 0.25) is 5.91 Å². The number of nitrogens with one attached hydrogen (secondary N) is 3. The Morgan fingerprint density at radius 2 is 1.97 bits per heavy atom. The summed E-state index contributed by atoms with van der Waals surface area (Å²) in [5, 5.41) is 5.59. The fraction of sp³-hybridized carbons (Fsp3) is 0.409. The van der Waals surface area contributed by atoms with Crippen molar-refractivity contribution in [3.63, 3.8) is 0 Å². The van der Waals surface area contributed by atoms with Crippen LogP contribution in [-0.2, 0) is 19.7 Å². The van der Waals surface area contributed by atoms with E-state index in [0.717, 1.165) is 5.56 Å². The summed E-state index contributed by atoms with van der Waals surface area (Å²) in [5.74, 6) is -0.908. The maximum atomic E-state index is 13.1.